The largest absolute Gasteiger partial charge is 0.362 e. The van der Waals surface area contributed by atoms with E-state index in [0.717, 1.165) is 30.2 Å². The van der Waals surface area contributed by atoms with E-state index in [-0.39, 0.29) is 5.38 Å². The number of hydrogen-bond acceptors (Lipinski definition) is 3. The van der Waals surface area contributed by atoms with Gasteiger partial charge in [-0.15, -0.1) is 22.9 Å². The number of anilines is 1. The van der Waals surface area contributed by atoms with Crippen LogP contribution in [0.4, 0.5) is 5.13 Å². The summed E-state index contributed by atoms with van der Waals surface area (Å²) in [6.07, 6.45) is 2.15. The molecule has 0 bridgehead atoms. The summed E-state index contributed by atoms with van der Waals surface area (Å²) in [5, 5.41) is 6.61. The second-order valence-electron chi connectivity index (χ2n) is 3.14. The zero-order valence-electron chi connectivity index (χ0n) is 8.01. The van der Waals surface area contributed by atoms with Gasteiger partial charge >= 0.3 is 0 Å². The monoisotopic (exact) mass is 218 g/mol. The van der Waals surface area contributed by atoms with Gasteiger partial charge in [0.2, 0.25) is 0 Å². The molecule has 0 saturated heterocycles. The van der Waals surface area contributed by atoms with Crippen molar-refractivity contribution in [2.24, 2.45) is 0 Å². The molecule has 1 atom stereocenters. The molecule has 74 valence electrons. The highest BCUT2D eigenvalue weighted by Crippen LogP contribution is 2.14. The minimum Gasteiger partial charge on any atom is -0.362 e. The molecular formula is C9H15ClN2S. The Bertz CT molecular complexity index is 248. The third kappa shape index (κ3) is 4.48. The predicted molar refractivity (Wildman–Crippen MR) is 59.9 cm³/mol. The molecule has 1 N–H and O–H groups in total. The second kappa shape index (κ2) is 5.45. The van der Waals surface area contributed by atoms with Crippen molar-refractivity contribution >= 4 is 28.1 Å². The van der Waals surface area contributed by atoms with Gasteiger partial charge < -0.3 is 5.32 Å². The van der Waals surface area contributed by atoms with Crippen LogP contribution < -0.4 is 5.32 Å². The molecule has 1 rings (SSSR count). The number of aryl methyl sites for hydroxylation is 1. The van der Waals surface area contributed by atoms with Crippen LogP contribution in [0.2, 0.25) is 0 Å². The molecule has 2 nitrogen and oxygen atoms in total. The molecule has 0 aliphatic rings. The zero-order chi connectivity index (χ0) is 9.68. The van der Waals surface area contributed by atoms with E-state index >= 15 is 0 Å². The first kappa shape index (κ1) is 10.8. The van der Waals surface area contributed by atoms with Gasteiger partial charge in [0.1, 0.15) is 0 Å². The third-order valence-electron chi connectivity index (χ3n) is 1.67. The van der Waals surface area contributed by atoms with E-state index in [1.54, 1.807) is 11.3 Å². The molecule has 0 saturated carbocycles. The first-order valence-electron chi connectivity index (χ1n) is 4.48. The molecule has 1 unspecified atom stereocenters. The van der Waals surface area contributed by atoms with Crippen LogP contribution in [0.15, 0.2) is 5.38 Å². The Kier molecular flexibility index (Phi) is 4.53. The van der Waals surface area contributed by atoms with Crippen molar-refractivity contribution in [2.45, 2.75) is 32.1 Å². The van der Waals surface area contributed by atoms with E-state index in [0.29, 0.717) is 0 Å². The number of nitrogens with zero attached hydrogens (tertiary/aromatic N) is 1. The quantitative estimate of drug-likeness (QED) is 0.606. The fourth-order valence-electron chi connectivity index (χ4n) is 1.01. The minimum absolute atomic E-state index is 0.278. The summed E-state index contributed by atoms with van der Waals surface area (Å²) >= 11 is 7.48. The highest BCUT2D eigenvalue weighted by atomic mass is 35.5. The Balaban J connectivity index is 2.13. The van der Waals surface area contributed by atoms with Gasteiger partial charge in [-0.25, -0.2) is 4.98 Å². The summed E-state index contributed by atoms with van der Waals surface area (Å²) < 4.78 is 0. The van der Waals surface area contributed by atoms with Crippen LogP contribution in [0.5, 0.6) is 0 Å². The predicted octanol–water partition coefficient (Wildman–Crippen LogP) is 3.27. The van der Waals surface area contributed by atoms with Crippen LogP contribution in [-0.2, 0) is 0 Å². The van der Waals surface area contributed by atoms with Crippen molar-refractivity contribution in [3.63, 3.8) is 0 Å². The fraction of sp³-hybridized carbons (Fsp3) is 0.667. The topological polar surface area (TPSA) is 24.9 Å². The molecule has 4 heteroatoms. The number of nitrogens with one attached hydrogen (secondary N) is 1. The van der Waals surface area contributed by atoms with Crippen LogP contribution in [0.1, 0.15) is 25.5 Å². The highest BCUT2D eigenvalue weighted by molar-refractivity contribution is 7.13. The smallest absolute Gasteiger partial charge is 0.182 e. The van der Waals surface area contributed by atoms with Crippen LogP contribution in [0, 0.1) is 6.92 Å². The average Bonchev–Trinajstić information content (AvgIpc) is 2.45. The Morgan fingerprint density at radius 3 is 3.00 bits per heavy atom. The van der Waals surface area contributed by atoms with Crippen molar-refractivity contribution in [1.82, 2.24) is 4.98 Å². The molecule has 0 aromatic carbocycles. The maximum atomic E-state index is 5.82. The van der Waals surface area contributed by atoms with Gasteiger partial charge in [-0.3, -0.25) is 0 Å². The maximum Gasteiger partial charge on any atom is 0.182 e. The number of aromatic nitrogens is 1. The standard InChI is InChI=1S/C9H15ClN2S/c1-7(10)4-3-5-11-9-12-8(2)6-13-9/h6-7H,3-5H2,1-2H3,(H,11,12). The third-order valence-corrected chi connectivity index (χ3v) is 2.81. The Hall–Kier alpha value is -0.280. The van der Waals surface area contributed by atoms with Crippen LogP contribution in [0.25, 0.3) is 0 Å². The van der Waals surface area contributed by atoms with Crippen LogP contribution in [0.3, 0.4) is 0 Å². The minimum atomic E-state index is 0.278. The van der Waals surface area contributed by atoms with Crippen molar-refractivity contribution in [3.8, 4) is 0 Å². The second-order valence-corrected chi connectivity index (χ2v) is 4.75. The summed E-state index contributed by atoms with van der Waals surface area (Å²) in [6.45, 7) is 4.99. The highest BCUT2D eigenvalue weighted by Gasteiger charge is 1.98. The number of hydrogen-bond donors (Lipinski definition) is 1. The van der Waals surface area contributed by atoms with E-state index in [2.05, 4.69) is 10.3 Å². The Labute approximate surface area is 88.3 Å². The number of rotatable bonds is 5. The number of alkyl halides is 1. The molecule has 0 spiro atoms. The summed E-state index contributed by atoms with van der Waals surface area (Å²) in [4.78, 5) is 4.30. The van der Waals surface area contributed by atoms with Gasteiger partial charge in [-0.2, -0.15) is 0 Å². The number of thiazole rings is 1. The summed E-state index contributed by atoms with van der Waals surface area (Å²) in [6, 6.07) is 0. The van der Waals surface area contributed by atoms with Gasteiger partial charge in [0.15, 0.2) is 5.13 Å². The molecule has 0 amide bonds. The molecule has 0 fully saturated rings. The number of halogens is 1. The Morgan fingerprint density at radius 2 is 2.46 bits per heavy atom. The van der Waals surface area contributed by atoms with Gasteiger partial charge in [0.05, 0.1) is 5.69 Å². The molecule has 13 heavy (non-hydrogen) atoms. The first-order valence-corrected chi connectivity index (χ1v) is 5.80. The lowest BCUT2D eigenvalue weighted by Crippen LogP contribution is -2.03. The molecule has 0 radical (unpaired) electrons. The lowest BCUT2D eigenvalue weighted by Gasteiger charge is -2.03. The van der Waals surface area contributed by atoms with Crippen LogP contribution in [-0.4, -0.2) is 16.9 Å². The van der Waals surface area contributed by atoms with E-state index < -0.39 is 0 Å². The van der Waals surface area contributed by atoms with E-state index in [1.807, 2.05) is 19.2 Å². The molecule has 0 aliphatic carbocycles. The maximum absolute atomic E-state index is 5.82. The van der Waals surface area contributed by atoms with E-state index in [4.69, 9.17) is 11.6 Å². The van der Waals surface area contributed by atoms with Crippen molar-refractivity contribution < 1.29 is 0 Å². The van der Waals surface area contributed by atoms with E-state index in [1.165, 1.54) is 0 Å². The van der Waals surface area contributed by atoms with Crippen molar-refractivity contribution in [3.05, 3.63) is 11.1 Å². The average molecular weight is 219 g/mol. The van der Waals surface area contributed by atoms with E-state index in [9.17, 15) is 0 Å². The lowest BCUT2D eigenvalue weighted by molar-refractivity contribution is 0.750. The zero-order valence-corrected chi connectivity index (χ0v) is 9.58. The molecule has 1 aromatic rings. The molecule has 1 aromatic heterocycles. The van der Waals surface area contributed by atoms with Gasteiger partial charge in [-0.05, 0) is 26.7 Å². The molecular weight excluding hydrogens is 204 g/mol. The fourth-order valence-corrected chi connectivity index (χ4v) is 1.89. The van der Waals surface area contributed by atoms with Gasteiger partial charge in [0.25, 0.3) is 0 Å². The normalized spacial score (nSPS) is 12.8. The first-order chi connectivity index (χ1) is 6.18. The van der Waals surface area contributed by atoms with Gasteiger partial charge in [0, 0.05) is 17.3 Å². The molecule has 1 heterocycles. The van der Waals surface area contributed by atoms with Crippen LogP contribution >= 0.6 is 22.9 Å². The van der Waals surface area contributed by atoms with Crippen molar-refractivity contribution in [1.29, 1.82) is 0 Å². The lowest BCUT2D eigenvalue weighted by atomic mass is 10.2. The SMILES string of the molecule is Cc1csc(NCCCC(C)Cl)n1. The Morgan fingerprint density at radius 1 is 1.69 bits per heavy atom. The summed E-state index contributed by atoms with van der Waals surface area (Å²) in [5.74, 6) is 0. The summed E-state index contributed by atoms with van der Waals surface area (Å²) in [5.41, 5.74) is 1.08. The summed E-state index contributed by atoms with van der Waals surface area (Å²) in [7, 11) is 0. The van der Waals surface area contributed by atoms with Crippen molar-refractivity contribution in [2.75, 3.05) is 11.9 Å². The van der Waals surface area contributed by atoms with Gasteiger partial charge in [-0.1, -0.05) is 0 Å². The molecule has 0 aliphatic heterocycles.